The number of ether oxygens (including phenoxy) is 3. The Bertz CT molecular complexity index is 797. The highest BCUT2D eigenvalue weighted by atomic mass is 16.6. The Morgan fingerprint density at radius 1 is 1.19 bits per heavy atom. The number of carbonyl (C=O) groups is 4. The molecule has 0 saturated carbocycles. The van der Waals surface area contributed by atoms with Crippen molar-refractivity contribution >= 4 is 23.6 Å². The number of Topliss-reactive ketones (excluding diaryl/α,β-unsaturated/α-hetero) is 1. The molecule has 8 atom stereocenters. The van der Waals surface area contributed by atoms with Gasteiger partial charge in [0.05, 0.1) is 31.4 Å². The summed E-state index contributed by atoms with van der Waals surface area (Å²) in [5.74, 6) is -3.40. The smallest absolute Gasteiger partial charge is 0.339 e. The van der Waals surface area contributed by atoms with Gasteiger partial charge in [0.1, 0.15) is 18.3 Å². The van der Waals surface area contributed by atoms with Gasteiger partial charge in [0.25, 0.3) is 0 Å². The highest BCUT2D eigenvalue weighted by molar-refractivity contribution is 6.10. The lowest BCUT2D eigenvalue weighted by atomic mass is 9.85. The SMILES string of the molecule is CCCCOC(=O)[C@](CCC(N)=O)(C(C)=O)N(CC(C)O[C@@H]1[C@@H](N)[C@@H](O)O[C@H](CO)[C@H]1O)C(=O)[C@H](C)N. The third-order valence-corrected chi connectivity index (χ3v) is 6.25. The molecule has 0 aromatic carbocycles. The first-order chi connectivity index (χ1) is 17.2. The maximum atomic E-state index is 13.4. The molecule has 0 aromatic heterocycles. The largest absolute Gasteiger partial charge is 0.464 e. The first kappa shape index (κ1) is 32.8. The first-order valence-corrected chi connectivity index (χ1v) is 12.3. The van der Waals surface area contributed by atoms with Crippen molar-refractivity contribution in [3.8, 4) is 0 Å². The molecule has 1 saturated heterocycles. The Balaban J connectivity index is 3.42. The summed E-state index contributed by atoms with van der Waals surface area (Å²) in [6, 6.07) is -2.37. The van der Waals surface area contributed by atoms with E-state index in [4.69, 9.17) is 31.4 Å². The van der Waals surface area contributed by atoms with E-state index in [1.807, 2.05) is 6.92 Å². The number of nitrogens with two attached hydrogens (primary N) is 3. The second-order valence-corrected chi connectivity index (χ2v) is 9.34. The van der Waals surface area contributed by atoms with Crippen LogP contribution in [0.15, 0.2) is 0 Å². The molecule has 1 fully saturated rings. The normalized spacial score (nSPS) is 27.0. The molecule has 1 rings (SSSR count). The quantitative estimate of drug-likeness (QED) is 0.0713. The molecule has 214 valence electrons. The van der Waals surface area contributed by atoms with Crippen molar-refractivity contribution in [2.75, 3.05) is 19.8 Å². The minimum absolute atomic E-state index is 0.0171. The molecule has 1 heterocycles. The average molecular weight is 535 g/mol. The molecular weight excluding hydrogens is 492 g/mol. The molecule has 14 nitrogen and oxygen atoms in total. The zero-order valence-electron chi connectivity index (χ0n) is 21.9. The second-order valence-electron chi connectivity index (χ2n) is 9.34. The van der Waals surface area contributed by atoms with Crippen molar-refractivity contribution < 1.29 is 48.7 Å². The molecule has 0 bridgehead atoms. The molecule has 1 aliphatic rings. The molecular formula is C23H42N4O10. The monoisotopic (exact) mass is 534 g/mol. The van der Waals surface area contributed by atoms with Crippen LogP contribution in [-0.4, -0.2) is 112 Å². The number of amides is 2. The third kappa shape index (κ3) is 8.14. The van der Waals surface area contributed by atoms with Gasteiger partial charge in [-0.3, -0.25) is 14.4 Å². The van der Waals surface area contributed by atoms with Crippen molar-refractivity contribution in [2.24, 2.45) is 17.2 Å². The lowest BCUT2D eigenvalue weighted by Gasteiger charge is -2.44. The zero-order valence-corrected chi connectivity index (χ0v) is 21.9. The van der Waals surface area contributed by atoms with E-state index in [-0.39, 0.29) is 6.61 Å². The van der Waals surface area contributed by atoms with Crippen LogP contribution in [0.25, 0.3) is 0 Å². The van der Waals surface area contributed by atoms with Crippen molar-refractivity contribution in [1.29, 1.82) is 0 Å². The summed E-state index contributed by atoms with van der Waals surface area (Å²) in [5, 5.41) is 30.0. The van der Waals surface area contributed by atoms with Crippen molar-refractivity contribution in [3.05, 3.63) is 0 Å². The number of carbonyl (C=O) groups excluding carboxylic acids is 4. The zero-order chi connectivity index (χ0) is 28.5. The van der Waals surface area contributed by atoms with E-state index < -0.39 is 97.9 Å². The molecule has 14 heteroatoms. The number of hydrogen-bond acceptors (Lipinski definition) is 12. The van der Waals surface area contributed by atoms with E-state index in [1.54, 1.807) is 0 Å². The van der Waals surface area contributed by atoms with Gasteiger partial charge in [-0.05, 0) is 33.6 Å². The molecule has 0 spiro atoms. The summed E-state index contributed by atoms with van der Waals surface area (Å²) in [4.78, 5) is 52.2. The van der Waals surface area contributed by atoms with Gasteiger partial charge in [-0.25, -0.2) is 4.79 Å². The van der Waals surface area contributed by atoms with Crippen LogP contribution in [0.2, 0.25) is 0 Å². The molecule has 0 aliphatic carbocycles. The van der Waals surface area contributed by atoms with Crippen LogP contribution in [0.1, 0.15) is 53.4 Å². The molecule has 1 aliphatic heterocycles. The van der Waals surface area contributed by atoms with Crippen LogP contribution in [0.4, 0.5) is 0 Å². The van der Waals surface area contributed by atoms with E-state index in [2.05, 4.69) is 0 Å². The van der Waals surface area contributed by atoms with Gasteiger partial charge >= 0.3 is 5.97 Å². The van der Waals surface area contributed by atoms with Gasteiger partial charge < -0.3 is 51.6 Å². The molecule has 1 unspecified atom stereocenters. The Kier molecular flexibility index (Phi) is 13.0. The second kappa shape index (κ2) is 14.7. The van der Waals surface area contributed by atoms with E-state index in [0.717, 1.165) is 11.8 Å². The van der Waals surface area contributed by atoms with Gasteiger partial charge in [0, 0.05) is 13.0 Å². The first-order valence-electron chi connectivity index (χ1n) is 12.3. The van der Waals surface area contributed by atoms with Crippen molar-refractivity contribution in [2.45, 2.75) is 102 Å². The maximum absolute atomic E-state index is 13.4. The molecule has 0 aromatic rings. The van der Waals surface area contributed by atoms with Crippen LogP contribution < -0.4 is 17.2 Å². The van der Waals surface area contributed by atoms with Crippen LogP contribution in [0.5, 0.6) is 0 Å². The van der Waals surface area contributed by atoms with Crippen molar-refractivity contribution in [1.82, 2.24) is 4.90 Å². The fraction of sp³-hybridized carbons (Fsp3) is 0.826. The molecule has 2 amide bonds. The number of primary amides is 1. The van der Waals surface area contributed by atoms with Crippen LogP contribution in [0, 0.1) is 0 Å². The Morgan fingerprint density at radius 3 is 2.30 bits per heavy atom. The maximum Gasteiger partial charge on any atom is 0.339 e. The van der Waals surface area contributed by atoms with Gasteiger partial charge in [-0.15, -0.1) is 0 Å². The minimum Gasteiger partial charge on any atom is -0.464 e. The van der Waals surface area contributed by atoms with Crippen LogP contribution >= 0.6 is 0 Å². The predicted octanol–water partition coefficient (Wildman–Crippen LogP) is -2.73. The number of aliphatic hydroxyl groups excluding tert-OH is 3. The third-order valence-electron chi connectivity index (χ3n) is 6.25. The summed E-state index contributed by atoms with van der Waals surface area (Å²) in [7, 11) is 0. The number of hydrogen-bond donors (Lipinski definition) is 6. The molecule has 9 N–H and O–H groups in total. The predicted molar refractivity (Wildman–Crippen MR) is 129 cm³/mol. The number of rotatable bonds is 15. The highest BCUT2D eigenvalue weighted by Crippen LogP contribution is 2.29. The summed E-state index contributed by atoms with van der Waals surface area (Å²) < 4.78 is 16.2. The minimum atomic E-state index is -2.23. The van der Waals surface area contributed by atoms with E-state index in [9.17, 15) is 34.5 Å². The van der Waals surface area contributed by atoms with E-state index >= 15 is 0 Å². The Hall–Kier alpha value is -2.20. The number of nitrogens with zero attached hydrogens (tertiary/aromatic N) is 1. The van der Waals surface area contributed by atoms with Gasteiger partial charge in [-0.2, -0.15) is 0 Å². The highest BCUT2D eigenvalue weighted by Gasteiger charge is 2.53. The lowest BCUT2D eigenvalue weighted by molar-refractivity contribution is -0.263. The van der Waals surface area contributed by atoms with Gasteiger partial charge in [0.15, 0.2) is 17.6 Å². The van der Waals surface area contributed by atoms with Crippen LogP contribution in [0.3, 0.4) is 0 Å². The average Bonchev–Trinajstić information content (AvgIpc) is 2.82. The summed E-state index contributed by atoms with van der Waals surface area (Å²) in [6.45, 7) is 4.77. The summed E-state index contributed by atoms with van der Waals surface area (Å²) >= 11 is 0. The molecule has 37 heavy (non-hydrogen) atoms. The summed E-state index contributed by atoms with van der Waals surface area (Å²) in [5.41, 5.74) is 14.8. The fourth-order valence-corrected chi connectivity index (χ4v) is 4.11. The number of esters is 1. The fourth-order valence-electron chi connectivity index (χ4n) is 4.11. The van der Waals surface area contributed by atoms with Gasteiger partial charge in [-0.1, -0.05) is 13.3 Å². The Morgan fingerprint density at radius 2 is 1.81 bits per heavy atom. The van der Waals surface area contributed by atoms with Crippen molar-refractivity contribution in [3.63, 3.8) is 0 Å². The standard InChI is InChI=1S/C23H42N4O10/c1-5-6-9-35-22(34)23(14(4)29,8-7-16(25)30)27(20(32)13(3)24)10-12(2)36-19-17(26)21(33)37-15(11-28)18(19)31/h12-13,15,17-19,21,28,31,33H,5-11,24,26H2,1-4H3,(H2,25,30)/t12?,13-,15+,17+,18+,19+,21-,23-/m0/s1. The van der Waals surface area contributed by atoms with Gasteiger partial charge in [0.2, 0.25) is 11.8 Å². The number of ketones is 1. The topological polar surface area (TPSA) is 238 Å². The summed E-state index contributed by atoms with van der Waals surface area (Å²) in [6.07, 6.45) is -6.06. The number of unbranched alkanes of at least 4 members (excludes halogenated alkanes) is 1. The molecule has 0 radical (unpaired) electrons. The number of aliphatic hydroxyl groups is 3. The van der Waals surface area contributed by atoms with Crippen LogP contribution in [-0.2, 0) is 33.4 Å². The van der Waals surface area contributed by atoms with E-state index in [0.29, 0.717) is 12.8 Å². The lowest BCUT2D eigenvalue weighted by Crippen LogP contribution is -2.67. The van der Waals surface area contributed by atoms with E-state index in [1.165, 1.54) is 13.8 Å². The Labute approximate surface area is 216 Å².